The van der Waals surface area contributed by atoms with Crippen LogP contribution in [0.2, 0.25) is 0 Å². The Morgan fingerprint density at radius 2 is 1.56 bits per heavy atom. The third kappa shape index (κ3) is 5.50. The third-order valence-electron chi connectivity index (χ3n) is 6.87. The lowest BCUT2D eigenvalue weighted by Crippen LogP contribution is -2.33. The van der Waals surface area contributed by atoms with E-state index in [-0.39, 0.29) is 12.4 Å². The summed E-state index contributed by atoms with van der Waals surface area (Å²) in [5.41, 5.74) is 10.7. The molecule has 2 aliphatic rings. The van der Waals surface area contributed by atoms with Crippen LogP contribution >= 0.6 is 12.4 Å². The van der Waals surface area contributed by atoms with Crippen LogP contribution in [0.3, 0.4) is 0 Å². The first-order valence-corrected chi connectivity index (χ1v) is 11.6. The Morgan fingerprint density at radius 3 is 2.28 bits per heavy atom. The van der Waals surface area contributed by atoms with Crippen LogP contribution in [0.25, 0.3) is 11.3 Å². The lowest BCUT2D eigenvalue weighted by atomic mass is 10.1. The van der Waals surface area contributed by atoms with Crippen molar-refractivity contribution in [2.75, 3.05) is 31.9 Å². The molecule has 5 rings (SSSR count). The van der Waals surface area contributed by atoms with Crippen molar-refractivity contribution in [3.05, 3.63) is 83.9 Å². The molecule has 1 saturated heterocycles. The minimum atomic E-state index is 0. The Hall–Kier alpha value is -2.40. The normalized spacial score (nSPS) is 21.7. The van der Waals surface area contributed by atoms with Gasteiger partial charge in [0.15, 0.2) is 0 Å². The predicted molar refractivity (Wildman–Crippen MR) is 135 cm³/mol. The Bertz CT molecular complexity index is 980. The maximum Gasteiger partial charge on any atom is 0.124 e. The molecule has 2 fully saturated rings. The Labute approximate surface area is 197 Å². The highest BCUT2D eigenvalue weighted by atomic mass is 35.5. The predicted octanol–water partition coefficient (Wildman–Crippen LogP) is 4.45. The monoisotopic (exact) mass is 448 g/mol. The Kier molecular flexibility index (Phi) is 7.46. The number of nitrogens with zero attached hydrogens (tertiary/aromatic N) is 2. The number of anilines is 1. The molecule has 1 saturated carbocycles. The second kappa shape index (κ2) is 10.5. The number of nitrogen functional groups attached to an aromatic ring is 1. The van der Waals surface area contributed by atoms with Crippen molar-refractivity contribution >= 4 is 18.2 Å². The number of nitrogens with two attached hydrogens (primary N) is 1. The SMILES string of the molecule is Cl.Nc1cccc(-c2ccc(CCN3CC4C(C3)C4NCCCc3ccccc3)cc2)n1. The molecule has 1 aliphatic carbocycles. The van der Waals surface area contributed by atoms with Crippen LogP contribution in [0, 0.1) is 11.8 Å². The van der Waals surface area contributed by atoms with E-state index in [1.807, 2.05) is 18.2 Å². The summed E-state index contributed by atoms with van der Waals surface area (Å²) in [6.45, 7) is 4.81. The fourth-order valence-electron chi connectivity index (χ4n) is 5.05. The molecule has 0 radical (unpaired) electrons. The van der Waals surface area contributed by atoms with E-state index < -0.39 is 0 Å². The number of hydrogen-bond donors (Lipinski definition) is 2. The molecule has 0 amide bonds. The Morgan fingerprint density at radius 1 is 0.844 bits per heavy atom. The van der Waals surface area contributed by atoms with E-state index in [0.717, 1.165) is 48.6 Å². The number of pyridine rings is 1. The number of fused-ring (bicyclic) bond motifs is 1. The second-order valence-electron chi connectivity index (χ2n) is 9.05. The molecular formula is C27H33ClN4. The number of nitrogens with one attached hydrogen (secondary N) is 1. The molecule has 2 unspecified atom stereocenters. The van der Waals surface area contributed by atoms with Gasteiger partial charge in [0.25, 0.3) is 0 Å². The van der Waals surface area contributed by atoms with Crippen LogP contribution < -0.4 is 11.1 Å². The standard InChI is InChI=1S/C27H32N4.ClH/c28-26-10-4-9-25(30-26)22-13-11-21(12-14-22)15-17-31-18-23-24(19-31)27(23)29-16-5-8-20-6-2-1-3-7-20;/h1-4,6-7,9-14,23-24,27,29H,5,8,15-19H2,(H2,28,30);1H. The molecule has 2 atom stereocenters. The molecule has 1 aromatic heterocycles. The summed E-state index contributed by atoms with van der Waals surface area (Å²) in [4.78, 5) is 7.05. The molecule has 168 valence electrons. The van der Waals surface area contributed by atoms with Gasteiger partial charge in [-0.3, -0.25) is 0 Å². The molecule has 0 spiro atoms. The number of aromatic nitrogens is 1. The maximum absolute atomic E-state index is 5.80. The van der Waals surface area contributed by atoms with Gasteiger partial charge in [0.05, 0.1) is 5.69 Å². The minimum Gasteiger partial charge on any atom is -0.384 e. The summed E-state index contributed by atoms with van der Waals surface area (Å²) < 4.78 is 0. The van der Waals surface area contributed by atoms with Crippen LogP contribution in [0.4, 0.5) is 5.82 Å². The highest BCUT2D eigenvalue weighted by Crippen LogP contribution is 2.45. The lowest BCUT2D eigenvalue weighted by molar-refractivity contribution is 0.293. The smallest absolute Gasteiger partial charge is 0.124 e. The largest absolute Gasteiger partial charge is 0.384 e. The van der Waals surface area contributed by atoms with Gasteiger partial charge in [-0.2, -0.15) is 0 Å². The number of hydrogen-bond acceptors (Lipinski definition) is 4. The molecule has 5 heteroatoms. The zero-order valence-electron chi connectivity index (χ0n) is 18.5. The molecule has 0 bridgehead atoms. The quantitative estimate of drug-likeness (QED) is 0.475. The van der Waals surface area contributed by atoms with E-state index in [0.29, 0.717) is 5.82 Å². The summed E-state index contributed by atoms with van der Waals surface area (Å²) in [7, 11) is 0. The Balaban J connectivity index is 0.00000245. The van der Waals surface area contributed by atoms with Gasteiger partial charge in [-0.1, -0.05) is 60.7 Å². The molecular weight excluding hydrogens is 416 g/mol. The van der Waals surface area contributed by atoms with Gasteiger partial charge in [0.2, 0.25) is 0 Å². The number of aryl methyl sites for hydroxylation is 1. The second-order valence-corrected chi connectivity index (χ2v) is 9.05. The van der Waals surface area contributed by atoms with E-state index in [1.165, 1.54) is 37.1 Å². The highest BCUT2D eigenvalue weighted by Gasteiger charge is 2.54. The van der Waals surface area contributed by atoms with Gasteiger partial charge in [-0.15, -0.1) is 12.4 Å². The highest BCUT2D eigenvalue weighted by molar-refractivity contribution is 5.85. The van der Waals surface area contributed by atoms with E-state index >= 15 is 0 Å². The number of likely N-dealkylation sites (tertiary alicyclic amines) is 1. The van der Waals surface area contributed by atoms with Crippen molar-refractivity contribution in [1.82, 2.24) is 15.2 Å². The molecule has 2 aromatic carbocycles. The van der Waals surface area contributed by atoms with Crippen LogP contribution in [0.15, 0.2) is 72.8 Å². The number of halogens is 1. The fraction of sp³-hybridized carbons (Fsp3) is 0.370. The zero-order chi connectivity index (χ0) is 21.0. The summed E-state index contributed by atoms with van der Waals surface area (Å²) >= 11 is 0. The molecule has 3 N–H and O–H groups in total. The van der Waals surface area contributed by atoms with Crippen LogP contribution in [-0.4, -0.2) is 42.1 Å². The maximum atomic E-state index is 5.80. The van der Waals surface area contributed by atoms with E-state index in [2.05, 4.69) is 69.8 Å². The number of rotatable bonds is 9. The van der Waals surface area contributed by atoms with Crippen LogP contribution in [-0.2, 0) is 12.8 Å². The zero-order valence-corrected chi connectivity index (χ0v) is 19.3. The summed E-state index contributed by atoms with van der Waals surface area (Å²) in [6.07, 6.45) is 3.51. The lowest BCUT2D eigenvalue weighted by Gasteiger charge is -2.20. The van der Waals surface area contributed by atoms with Gasteiger partial charge in [0.1, 0.15) is 5.82 Å². The van der Waals surface area contributed by atoms with Crippen molar-refractivity contribution in [1.29, 1.82) is 0 Å². The van der Waals surface area contributed by atoms with Crippen molar-refractivity contribution in [3.8, 4) is 11.3 Å². The van der Waals surface area contributed by atoms with Crippen molar-refractivity contribution in [2.45, 2.75) is 25.3 Å². The summed E-state index contributed by atoms with van der Waals surface area (Å²) in [5.74, 6) is 2.31. The first-order chi connectivity index (χ1) is 15.3. The van der Waals surface area contributed by atoms with E-state index in [1.54, 1.807) is 0 Å². The fourth-order valence-corrected chi connectivity index (χ4v) is 5.05. The minimum absolute atomic E-state index is 0. The van der Waals surface area contributed by atoms with Gasteiger partial charge in [0, 0.05) is 31.2 Å². The molecule has 32 heavy (non-hydrogen) atoms. The first-order valence-electron chi connectivity index (χ1n) is 11.6. The third-order valence-corrected chi connectivity index (χ3v) is 6.87. The topological polar surface area (TPSA) is 54.2 Å². The molecule has 4 nitrogen and oxygen atoms in total. The van der Waals surface area contributed by atoms with Crippen molar-refractivity contribution in [2.24, 2.45) is 11.8 Å². The van der Waals surface area contributed by atoms with E-state index in [4.69, 9.17) is 5.73 Å². The average molecular weight is 449 g/mol. The first kappa shape index (κ1) is 22.8. The van der Waals surface area contributed by atoms with Gasteiger partial charge in [-0.05, 0) is 60.9 Å². The number of piperidine rings is 1. The molecule has 1 aliphatic heterocycles. The van der Waals surface area contributed by atoms with Gasteiger partial charge in [-0.25, -0.2) is 4.98 Å². The molecule has 3 aromatic rings. The average Bonchev–Trinajstić information content (AvgIpc) is 3.25. The van der Waals surface area contributed by atoms with Crippen molar-refractivity contribution in [3.63, 3.8) is 0 Å². The van der Waals surface area contributed by atoms with Crippen LogP contribution in [0.1, 0.15) is 17.5 Å². The number of benzene rings is 2. The van der Waals surface area contributed by atoms with Crippen LogP contribution in [0.5, 0.6) is 0 Å². The van der Waals surface area contributed by atoms with Gasteiger partial charge < -0.3 is 16.0 Å². The molecule has 2 heterocycles. The van der Waals surface area contributed by atoms with E-state index in [9.17, 15) is 0 Å². The summed E-state index contributed by atoms with van der Waals surface area (Å²) in [5, 5.41) is 3.81. The summed E-state index contributed by atoms with van der Waals surface area (Å²) in [6, 6.07) is 26.1. The van der Waals surface area contributed by atoms with Gasteiger partial charge >= 0.3 is 0 Å². The van der Waals surface area contributed by atoms with Crippen molar-refractivity contribution < 1.29 is 0 Å².